The van der Waals surface area contributed by atoms with Crippen LogP contribution in [-0.2, 0) is 11.2 Å². The number of carboxylic acids is 1. The second-order valence-corrected chi connectivity index (χ2v) is 4.63. The van der Waals surface area contributed by atoms with Gasteiger partial charge in [-0.05, 0) is 30.9 Å². The molecule has 1 aromatic heterocycles. The number of furan rings is 1. The van der Waals surface area contributed by atoms with Crippen molar-refractivity contribution in [1.29, 1.82) is 0 Å². The molecule has 1 atom stereocenters. The maximum Gasteiger partial charge on any atom is 0.305 e. The fraction of sp³-hybridized carbons (Fsp3) is 0.538. The fourth-order valence-electron chi connectivity index (χ4n) is 1.95. The molecule has 2 N–H and O–H groups in total. The second-order valence-electron chi connectivity index (χ2n) is 4.63. The van der Waals surface area contributed by atoms with E-state index in [1.54, 1.807) is 12.1 Å². The molecule has 1 unspecified atom stereocenters. The Morgan fingerprint density at radius 3 is 2.72 bits per heavy atom. The molecule has 1 aliphatic carbocycles. The van der Waals surface area contributed by atoms with Crippen LogP contribution in [-0.4, -0.2) is 23.0 Å². The van der Waals surface area contributed by atoms with Crippen LogP contribution in [0, 0.1) is 5.92 Å². The van der Waals surface area contributed by atoms with Crippen molar-refractivity contribution in [1.82, 2.24) is 5.32 Å². The molecule has 1 amide bonds. The average Bonchev–Trinajstić information content (AvgIpc) is 3.05. The second kappa shape index (κ2) is 5.25. The van der Waals surface area contributed by atoms with Gasteiger partial charge in [-0.25, -0.2) is 0 Å². The number of aliphatic carboxylic acids is 1. The van der Waals surface area contributed by atoms with Gasteiger partial charge >= 0.3 is 5.97 Å². The first kappa shape index (κ1) is 12.7. The van der Waals surface area contributed by atoms with Crippen molar-refractivity contribution in [3.05, 3.63) is 23.7 Å². The number of amides is 1. The topological polar surface area (TPSA) is 79.5 Å². The molecule has 5 heteroatoms. The highest BCUT2D eigenvalue weighted by Crippen LogP contribution is 2.34. The van der Waals surface area contributed by atoms with Crippen LogP contribution in [0.5, 0.6) is 0 Å². The zero-order valence-corrected chi connectivity index (χ0v) is 10.3. The van der Waals surface area contributed by atoms with E-state index >= 15 is 0 Å². The van der Waals surface area contributed by atoms with Gasteiger partial charge in [0.1, 0.15) is 5.76 Å². The normalized spacial score (nSPS) is 16.3. The number of nitrogens with one attached hydrogen (secondary N) is 1. The molecule has 1 saturated carbocycles. The first-order valence-corrected chi connectivity index (χ1v) is 6.21. The number of hydrogen-bond acceptors (Lipinski definition) is 3. The predicted octanol–water partition coefficient (Wildman–Crippen LogP) is 1.83. The van der Waals surface area contributed by atoms with Crippen molar-refractivity contribution in [2.24, 2.45) is 5.92 Å². The summed E-state index contributed by atoms with van der Waals surface area (Å²) in [5, 5.41) is 11.6. The molecule has 1 aromatic rings. The first-order valence-electron chi connectivity index (χ1n) is 6.21. The van der Waals surface area contributed by atoms with Crippen LogP contribution in [0.25, 0.3) is 0 Å². The number of aryl methyl sites for hydroxylation is 1. The number of carbonyl (C=O) groups excluding carboxylic acids is 1. The van der Waals surface area contributed by atoms with Crippen LogP contribution in [0.3, 0.4) is 0 Å². The van der Waals surface area contributed by atoms with Crippen LogP contribution in [0.2, 0.25) is 0 Å². The van der Waals surface area contributed by atoms with Crippen LogP contribution < -0.4 is 5.32 Å². The maximum absolute atomic E-state index is 11.9. The molecule has 0 aromatic carbocycles. The zero-order chi connectivity index (χ0) is 13.1. The van der Waals surface area contributed by atoms with E-state index in [0.29, 0.717) is 5.92 Å². The lowest BCUT2D eigenvalue weighted by Crippen LogP contribution is -2.37. The van der Waals surface area contributed by atoms with Gasteiger partial charge < -0.3 is 14.8 Å². The van der Waals surface area contributed by atoms with E-state index in [4.69, 9.17) is 9.52 Å². The molecule has 2 rings (SSSR count). The lowest BCUT2D eigenvalue weighted by Gasteiger charge is -2.15. The summed E-state index contributed by atoms with van der Waals surface area (Å²) in [6.45, 7) is 1.94. The van der Waals surface area contributed by atoms with E-state index < -0.39 is 5.97 Å². The molecular weight excluding hydrogens is 234 g/mol. The van der Waals surface area contributed by atoms with Crippen molar-refractivity contribution >= 4 is 11.9 Å². The van der Waals surface area contributed by atoms with E-state index in [1.807, 2.05) is 6.92 Å². The Labute approximate surface area is 105 Å². The monoisotopic (exact) mass is 251 g/mol. The summed E-state index contributed by atoms with van der Waals surface area (Å²) < 4.78 is 5.34. The Balaban J connectivity index is 1.97. The molecular formula is C13H17NO4. The summed E-state index contributed by atoms with van der Waals surface area (Å²) in [7, 11) is 0. The Morgan fingerprint density at radius 2 is 2.22 bits per heavy atom. The Bertz CT molecular complexity index is 448. The average molecular weight is 251 g/mol. The summed E-state index contributed by atoms with van der Waals surface area (Å²) in [6.07, 6.45) is 2.67. The number of carboxylic acid groups (broad SMARTS) is 1. The largest absolute Gasteiger partial charge is 0.481 e. The maximum atomic E-state index is 11.9. The van der Waals surface area contributed by atoms with E-state index in [-0.39, 0.29) is 24.1 Å². The molecule has 0 aliphatic heterocycles. The van der Waals surface area contributed by atoms with E-state index in [9.17, 15) is 9.59 Å². The first-order chi connectivity index (χ1) is 8.60. The molecule has 18 heavy (non-hydrogen) atoms. The van der Waals surface area contributed by atoms with Crippen molar-refractivity contribution < 1.29 is 19.1 Å². The predicted molar refractivity (Wildman–Crippen MR) is 64.3 cm³/mol. The lowest BCUT2D eigenvalue weighted by molar-refractivity contribution is -0.137. The Kier molecular flexibility index (Phi) is 3.69. The van der Waals surface area contributed by atoms with Gasteiger partial charge in [0.15, 0.2) is 5.76 Å². The van der Waals surface area contributed by atoms with E-state index in [1.165, 1.54) is 0 Å². The van der Waals surface area contributed by atoms with Crippen molar-refractivity contribution in [2.45, 2.75) is 38.6 Å². The standard InChI is InChI=1S/C13H17NO4/c1-2-9-5-6-11(18-9)13(17)14-10(7-12(15)16)8-3-4-8/h5-6,8,10H,2-4,7H2,1H3,(H,14,17)(H,15,16). The number of hydrogen-bond donors (Lipinski definition) is 2. The summed E-state index contributed by atoms with van der Waals surface area (Å²) in [4.78, 5) is 22.6. The van der Waals surface area contributed by atoms with Gasteiger partial charge in [-0.3, -0.25) is 9.59 Å². The van der Waals surface area contributed by atoms with Crippen molar-refractivity contribution in [3.63, 3.8) is 0 Å². The Morgan fingerprint density at radius 1 is 1.50 bits per heavy atom. The molecule has 1 heterocycles. The lowest BCUT2D eigenvalue weighted by atomic mass is 10.1. The van der Waals surface area contributed by atoms with Gasteiger partial charge in [-0.1, -0.05) is 6.92 Å². The van der Waals surface area contributed by atoms with Crippen LogP contribution in [0.4, 0.5) is 0 Å². The minimum absolute atomic E-state index is 0.0300. The smallest absolute Gasteiger partial charge is 0.305 e. The summed E-state index contributed by atoms with van der Waals surface area (Å²) >= 11 is 0. The van der Waals surface area contributed by atoms with E-state index in [2.05, 4.69) is 5.32 Å². The van der Waals surface area contributed by atoms with Crippen LogP contribution in [0.1, 0.15) is 42.5 Å². The van der Waals surface area contributed by atoms with Gasteiger partial charge in [0.05, 0.1) is 6.42 Å². The van der Waals surface area contributed by atoms with Crippen molar-refractivity contribution in [2.75, 3.05) is 0 Å². The number of rotatable bonds is 6. The highest BCUT2D eigenvalue weighted by Gasteiger charge is 2.34. The number of carbonyl (C=O) groups is 2. The minimum Gasteiger partial charge on any atom is -0.481 e. The molecule has 0 bridgehead atoms. The van der Waals surface area contributed by atoms with Crippen LogP contribution >= 0.6 is 0 Å². The molecule has 1 aliphatic rings. The van der Waals surface area contributed by atoms with Crippen LogP contribution in [0.15, 0.2) is 16.5 Å². The SMILES string of the molecule is CCc1ccc(C(=O)NC(CC(=O)O)C2CC2)o1. The third-order valence-electron chi connectivity index (χ3n) is 3.14. The van der Waals surface area contributed by atoms with Gasteiger partial charge in [-0.2, -0.15) is 0 Å². The molecule has 0 radical (unpaired) electrons. The van der Waals surface area contributed by atoms with E-state index in [0.717, 1.165) is 25.0 Å². The molecule has 0 saturated heterocycles. The minimum atomic E-state index is -0.888. The third-order valence-corrected chi connectivity index (χ3v) is 3.14. The molecule has 0 spiro atoms. The highest BCUT2D eigenvalue weighted by atomic mass is 16.4. The Hall–Kier alpha value is -1.78. The van der Waals surface area contributed by atoms with Gasteiger partial charge in [0.2, 0.25) is 0 Å². The molecule has 98 valence electrons. The molecule has 5 nitrogen and oxygen atoms in total. The quantitative estimate of drug-likeness (QED) is 0.808. The van der Waals surface area contributed by atoms with Gasteiger partial charge in [0, 0.05) is 12.5 Å². The fourth-order valence-corrected chi connectivity index (χ4v) is 1.95. The molecule has 1 fully saturated rings. The summed E-state index contributed by atoms with van der Waals surface area (Å²) in [5.74, 6) is 0.0867. The third kappa shape index (κ3) is 3.12. The van der Waals surface area contributed by atoms with Gasteiger partial charge in [-0.15, -0.1) is 0 Å². The van der Waals surface area contributed by atoms with Crippen molar-refractivity contribution in [3.8, 4) is 0 Å². The summed E-state index contributed by atoms with van der Waals surface area (Å²) in [5.41, 5.74) is 0. The zero-order valence-electron chi connectivity index (χ0n) is 10.3. The summed E-state index contributed by atoms with van der Waals surface area (Å²) in [6, 6.07) is 3.10. The van der Waals surface area contributed by atoms with Gasteiger partial charge in [0.25, 0.3) is 5.91 Å². The highest BCUT2D eigenvalue weighted by molar-refractivity contribution is 5.92.